The fraction of sp³-hybridized carbons (Fsp3) is 0.643. The van der Waals surface area contributed by atoms with Crippen molar-refractivity contribution in [1.29, 1.82) is 0 Å². The maximum Gasteiger partial charge on any atom is 0.154 e. The molecule has 2 nitrogen and oxygen atoms in total. The molecule has 0 bridgehead atoms. The number of nitrogens with zero attached hydrogens (tertiary/aromatic N) is 1. The Hall–Kier alpha value is -0.480. The molecule has 2 N–H and O–H groups in total. The second kappa shape index (κ2) is 4.01. The van der Waals surface area contributed by atoms with E-state index in [4.69, 9.17) is 10.7 Å². The molecule has 0 saturated carbocycles. The molecule has 1 aliphatic carbocycles. The Balaban J connectivity index is 2.17. The van der Waals surface area contributed by atoms with Crippen molar-refractivity contribution >= 4 is 28.3 Å². The molecule has 4 heteroatoms. The van der Waals surface area contributed by atoms with Gasteiger partial charge in [0.05, 0.1) is 5.54 Å². The summed E-state index contributed by atoms with van der Waals surface area (Å²) in [7, 11) is 0. The van der Waals surface area contributed by atoms with E-state index in [1.165, 1.54) is 21.7 Å². The van der Waals surface area contributed by atoms with Crippen LogP contribution in [0.1, 0.15) is 42.0 Å². The van der Waals surface area contributed by atoms with E-state index in [1.807, 2.05) is 11.3 Å². The summed E-state index contributed by atoms with van der Waals surface area (Å²) in [6.45, 7) is 6.93. The molecule has 0 amide bonds. The average Bonchev–Trinajstić information content (AvgIpc) is 2.57. The number of hydrogen-bond donors (Lipinski definition) is 1. The highest BCUT2D eigenvalue weighted by Gasteiger charge is 2.45. The van der Waals surface area contributed by atoms with E-state index in [-0.39, 0.29) is 5.54 Å². The Morgan fingerprint density at radius 3 is 2.89 bits per heavy atom. The molecule has 18 heavy (non-hydrogen) atoms. The Morgan fingerprint density at radius 1 is 1.39 bits per heavy atom. The van der Waals surface area contributed by atoms with Gasteiger partial charge in [0.15, 0.2) is 5.17 Å². The van der Waals surface area contributed by atoms with Crippen LogP contribution in [-0.2, 0) is 12.0 Å². The van der Waals surface area contributed by atoms with Gasteiger partial charge in [0.25, 0.3) is 0 Å². The zero-order valence-electron chi connectivity index (χ0n) is 11.2. The van der Waals surface area contributed by atoms with Crippen LogP contribution in [0.25, 0.3) is 0 Å². The predicted molar refractivity (Wildman–Crippen MR) is 81.5 cm³/mol. The van der Waals surface area contributed by atoms with Gasteiger partial charge in [-0.15, -0.1) is 11.3 Å². The molecule has 1 aliphatic heterocycles. The summed E-state index contributed by atoms with van der Waals surface area (Å²) in [5.41, 5.74) is 7.77. The summed E-state index contributed by atoms with van der Waals surface area (Å²) in [6.07, 6.45) is 3.45. The van der Waals surface area contributed by atoms with Crippen molar-refractivity contribution in [2.45, 2.75) is 45.6 Å². The van der Waals surface area contributed by atoms with Gasteiger partial charge in [-0.3, -0.25) is 4.99 Å². The fourth-order valence-corrected chi connectivity index (χ4v) is 5.69. The number of amidine groups is 1. The summed E-state index contributed by atoms with van der Waals surface area (Å²) in [5, 5.41) is 0.772. The van der Waals surface area contributed by atoms with Crippen molar-refractivity contribution in [3.63, 3.8) is 0 Å². The van der Waals surface area contributed by atoms with Crippen molar-refractivity contribution in [1.82, 2.24) is 0 Å². The van der Waals surface area contributed by atoms with E-state index in [0.717, 1.165) is 23.8 Å². The SMILES string of the molecule is Cc1cc2c(s1)CC(C)(C)CC21CCSC(N)=N1. The molecule has 0 aromatic carbocycles. The third-order valence-corrected chi connectivity index (χ3v) is 5.78. The standard InChI is InChI=1S/C14H20N2S2/c1-9-6-10-11(18-9)7-13(2,3)8-14(10)4-5-17-12(15)16-14/h6H,4-5,7-8H2,1-3H3,(H2,15,16). The number of thiophene rings is 1. The normalized spacial score (nSPS) is 30.1. The number of hydrogen-bond acceptors (Lipinski definition) is 4. The van der Waals surface area contributed by atoms with Gasteiger partial charge in [-0.25, -0.2) is 0 Å². The van der Waals surface area contributed by atoms with Gasteiger partial charge in [0.1, 0.15) is 0 Å². The highest BCUT2D eigenvalue weighted by molar-refractivity contribution is 8.13. The Bertz CT molecular complexity index is 516. The molecule has 1 aromatic rings. The summed E-state index contributed by atoms with van der Waals surface area (Å²) < 4.78 is 0. The van der Waals surface area contributed by atoms with Gasteiger partial charge in [-0.05, 0) is 43.2 Å². The maximum atomic E-state index is 6.01. The quantitative estimate of drug-likeness (QED) is 0.787. The van der Waals surface area contributed by atoms with Gasteiger partial charge in [-0.2, -0.15) is 0 Å². The third kappa shape index (κ3) is 1.99. The molecule has 1 unspecified atom stereocenters. The van der Waals surface area contributed by atoms with E-state index in [9.17, 15) is 0 Å². The predicted octanol–water partition coefficient (Wildman–Crippen LogP) is 3.68. The van der Waals surface area contributed by atoms with Crippen molar-refractivity contribution in [3.05, 3.63) is 21.4 Å². The van der Waals surface area contributed by atoms with Gasteiger partial charge >= 0.3 is 0 Å². The van der Waals surface area contributed by atoms with Gasteiger partial charge in [-0.1, -0.05) is 25.6 Å². The van der Waals surface area contributed by atoms with Crippen LogP contribution >= 0.6 is 23.1 Å². The largest absolute Gasteiger partial charge is 0.379 e. The first-order valence-electron chi connectivity index (χ1n) is 6.48. The van der Waals surface area contributed by atoms with Gasteiger partial charge < -0.3 is 5.73 Å². The number of aryl methyl sites for hydroxylation is 1. The van der Waals surface area contributed by atoms with Crippen LogP contribution in [0.5, 0.6) is 0 Å². The van der Waals surface area contributed by atoms with Gasteiger partial charge in [0, 0.05) is 15.5 Å². The molecule has 1 atom stereocenters. The lowest BCUT2D eigenvalue weighted by Gasteiger charge is -2.44. The van der Waals surface area contributed by atoms with Crippen LogP contribution in [0.2, 0.25) is 0 Å². The summed E-state index contributed by atoms with van der Waals surface area (Å²) in [5.74, 6) is 1.10. The van der Waals surface area contributed by atoms with Crippen LogP contribution < -0.4 is 5.73 Å². The lowest BCUT2D eigenvalue weighted by atomic mass is 9.67. The minimum Gasteiger partial charge on any atom is -0.379 e. The van der Waals surface area contributed by atoms with E-state index < -0.39 is 0 Å². The summed E-state index contributed by atoms with van der Waals surface area (Å²) in [4.78, 5) is 7.83. The first-order chi connectivity index (χ1) is 8.40. The van der Waals surface area contributed by atoms with E-state index in [1.54, 1.807) is 11.8 Å². The monoisotopic (exact) mass is 280 g/mol. The molecule has 1 spiro atoms. The molecule has 2 aliphatic rings. The van der Waals surface area contributed by atoms with Crippen LogP contribution in [0.15, 0.2) is 11.1 Å². The van der Waals surface area contributed by atoms with Gasteiger partial charge in [0.2, 0.25) is 0 Å². The number of thioether (sulfide) groups is 1. The lowest BCUT2D eigenvalue weighted by Crippen LogP contribution is -2.40. The van der Waals surface area contributed by atoms with E-state index >= 15 is 0 Å². The van der Waals surface area contributed by atoms with E-state index in [2.05, 4.69) is 26.8 Å². The molecular weight excluding hydrogens is 260 g/mol. The maximum absolute atomic E-state index is 6.01. The molecule has 98 valence electrons. The first kappa shape index (κ1) is 12.5. The first-order valence-corrected chi connectivity index (χ1v) is 8.28. The molecule has 0 radical (unpaired) electrons. The number of aliphatic imine (C=N–C) groups is 1. The van der Waals surface area contributed by atoms with Crippen LogP contribution in [-0.4, -0.2) is 10.9 Å². The van der Waals surface area contributed by atoms with E-state index in [0.29, 0.717) is 5.41 Å². The number of nitrogens with two attached hydrogens (primary N) is 1. The molecule has 0 saturated heterocycles. The second-order valence-corrected chi connectivity index (χ2v) is 8.75. The second-order valence-electron chi connectivity index (χ2n) is 6.29. The lowest BCUT2D eigenvalue weighted by molar-refractivity contribution is 0.208. The highest BCUT2D eigenvalue weighted by atomic mass is 32.2. The Labute approximate surface area is 117 Å². The van der Waals surface area contributed by atoms with Crippen LogP contribution in [0.4, 0.5) is 0 Å². The fourth-order valence-electron chi connectivity index (χ4n) is 3.42. The molecular formula is C14H20N2S2. The zero-order valence-corrected chi connectivity index (χ0v) is 12.9. The molecule has 2 heterocycles. The molecule has 3 rings (SSSR count). The smallest absolute Gasteiger partial charge is 0.154 e. The van der Waals surface area contributed by atoms with Crippen molar-refractivity contribution in [2.75, 3.05) is 5.75 Å². The number of fused-ring (bicyclic) bond motifs is 2. The summed E-state index contributed by atoms with van der Waals surface area (Å²) >= 11 is 3.64. The van der Waals surface area contributed by atoms with Crippen molar-refractivity contribution < 1.29 is 0 Å². The van der Waals surface area contributed by atoms with Crippen LogP contribution in [0, 0.1) is 12.3 Å². The minimum absolute atomic E-state index is 0.0306. The van der Waals surface area contributed by atoms with Crippen molar-refractivity contribution in [3.8, 4) is 0 Å². The zero-order chi connectivity index (χ0) is 13.0. The molecule has 1 aromatic heterocycles. The Kier molecular flexibility index (Phi) is 2.79. The topological polar surface area (TPSA) is 38.4 Å². The highest BCUT2D eigenvalue weighted by Crippen LogP contribution is 2.52. The summed E-state index contributed by atoms with van der Waals surface area (Å²) in [6, 6.07) is 2.35. The Morgan fingerprint density at radius 2 is 2.17 bits per heavy atom. The average molecular weight is 280 g/mol. The van der Waals surface area contributed by atoms with Crippen LogP contribution in [0.3, 0.4) is 0 Å². The minimum atomic E-state index is -0.0306. The molecule has 0 fully saturated rings. The third-order valence-electron chi connectivity index (χ3n) is 3.93. The van der Waals surface area contributed by atoms with Crippen molar-refractivity contribution in [2.24, 2.45) is 16.1 Å². The number of rotatable bonds is 0.